The van der Waals surface area contributed by atoms with Gasteiger partial charge in [0.05, 0.1) is 16.7 Å². The van der Waals surface area contributed by atoms with Gasteiger partial charge in [0.25, 0.3) is 0 Å². The van der Waals surface area contributed by atoms with Crippen molar-refractivity contribution in [2.24, 2.45) is 5.92 Å². The van der Waals surface area contributed by atoms with E-state index in [0.717, 1.165) is 23.4 Å². The molecule has 1 saturated carbocycles. The van der Waals surface area contributed by atoms with E-state index in [1.165, 1.54) is 43.9 Å². The Morgan fingerprint density at radius 2 is 1.97 bits per heavy atom. The third kappa shape index (κ3) is 4.50. The second kappa shape index (κ2) is 7.99. The highest BCUT2D eigenvalue weighted by Crippen LogP contribution is 2.33. The molecule has 1 N–H and O–H groups in total. The molecule has 2 aromatic rings. The minimum atomic E-state index is -3.42. The maximum absolute atomic E-state index is 12.6. The molecule has 1 aliphatic carbocycles. The van der Waals surface area contributed by atoms with Gasteiger partial charge in [-0.25, -0.2) is 13.4 Å². The molecule has 1 aromatic heterocycles. The Morgan fingerprint density at radius 1 is 1.21 bits per heavy atom. The number of nitrogens with zero attached hydrogens (tertiary/aromatic N) is 2. The molecule has 7 heteroatoms. The highest BCUT2D eigenvalue weighted by atomic mass is 32.3. The van der Waals surface area contributed by atoms with Gasteiger partial charge in [-0.2, -0.15) is 0 Å². The first-order valence-electron chi connectivity index (χ1n) is 10.6. The topological polar surface area (TPSA) is 64.0 Å². The van der Waals surface area contributed by atoms with Gasteiger partial charge < -0.3 is 4.57 Å². The second-order valence-electron chi connectivity index (χ2n) is 9.32. The van der Waals surface area contributed by atoms with Gasteiger partial charge in [-0.3, -0.25) is 4.72 Å². The van der Waals surface area contributed by atoms with Gasteiger partial charge in [0.2, 0.25) is 10.0 Å². The van der Waals surface area contributed by atoms with Crippen LogP contribution in [0.4, 0.5) is 5.69 Å². The van der Waals surface area contributed by atoms with Crippen molar-refractivity contribution in [1.29, 1.82) is 0 Å². The SMILES string of the molecule is CC(C)(C)c1nc2cc(NS(=O)(=O)C3CC=CS3)ccc2n1CC1CCCCC1. The van der Waals surface area contributed by atoms with E-state index in [-0.39, 0.29) is 5.41 Å². The fraction of sp³-hybridized carbons (Fsp3) is 0.591. The third-order valence-corrected chi connectivity index (χ3v) is 9.19. The Morgan fingerprint density at radius 3 is 2.62 bits per heavy atom. The van der Waals surface area contributed by atoms with Gasteiger partial charge in [-0.15, -0.1) is 11.8 Å². The number of anilines is 1. The van der Waals surface area contributed by atoms with Crippen LogP contribution in [0.15, 0.2) is 29.7 Å². The average Bonchev–Trinajstić information content (AvgIpc) is 3.31. The number of imidazole rings is 1. The van der Waals surface area contributed by atoms with Gasteiger partial charge in [0.15, 0.2) is 0 Å². The highest BCUT2D eigenvalue weighted by molar-refractivity contribution is 8.15. The summed E-state index contributed by atoms with van der Waals surface area (Å²) < 4.78 is 30.0. The quantitative estimate of drug-likeness (QED) is 0.663. The lowest BCUT2D eigenvalue weighted by molar-refractivity contribution is 0.313. The number of benzene rings is 1. The van der Waals surface area contributed by atoms with Gasteiger partial charge in [-0.05, 0) is 48.8 Å². The molecular formula is C22H31N3O2S2. The van der Waals surface area contributed by atoms with E-state index in [9.17, 15) is 8.42 Å². The number of sulfonamides is 1. The lowest BCUT2D eigenvalue weighted by atomic mass is 9.88. The van der Waals surface area contributed by atoms with Crippen LogP contribution >= 0.6 is 11.8 Å². The summed E-state index contributed by atoms with van der Waals surface area (Å²) in [4.78, 5) is 4.95. The van der Waals surface area contributed by atoms with Gasteiger partial charge in [0, 0.05) is 12.0 Å². The van der Waals surface area contributed by atoms with Crippen molar-refractivity contribution in [2.45, 2.75) is 75.8 Å². The van der Waals surface area contributed by atoms with E-state index in [0.29, 0.717) is 18.0 Å². The number of rotatable bonds is 5. The first-order valence-corrected chi connectivity index (χ1v) is 13.1. The Kier molecular flexibility index (Phi) is 5.73. The van der Waals surface area contributed by atoms with Crippen LogP contribution in [0.3, 0.4) is 0 Å². The van der Waals surface area contributed by atoms with E-state index in [2.05, 4.69) is 30.1 Å². The summed E-state index contributed by atoms with van der Waals surface area (Å²) in [5.41, 5.74) is 2.48. The van der Waals surface area contributed by atoms with E-state index in [1.807, 2.05) is 29.7 Å². The molecule has 0 saturated heterocycles. The van der Waals surface area contributed by atoms with Crippen LogP contribution in [0.5, 0.6) is 0 Å². The zero-order chi connectivity index (χ0) is 20.6. The standard InChI is InChI=1S/C22H31N3O2S2/c1-22(2,3)21-23-18-14-17(24-29(26,27)20-10-7-13-28-20)11-12-19(18)25(21)15-16-8-5-4-6-9-16/h7,11-14,16,20,24H,4-6,8-10,15H2,1-3H3. The fourth-order valence-electron chi connectivity index (χ4n) is 4.37. The summed E-state index contributed by atoms with van der Waals surface area (Å²) in [6.45, 7) is 7.58. The number of thioether (sulfide) groups is 1. The maximum atomic E-state index is 12.6. The van der Waals surface area contributed by atoms with Crippen LogP contribution in [0, 0.1) is 5.92 Å². The predicted octanol–water partition coefficient (Wildman–Crippen LogP) is 5.63. The van der Waals surface area contributed by atoms with E-state index >= 15 is 0 Å². The first kappa shape index (κ1) is 20.8. The van der Waals surface area contributed by atoms with Gasteiger partial charge in [-0.1, -0.05) is 46.1 Å². The zero-order valence-corrected chi connectivity index (χ0v) is 19.2. The molecule has 2 aliphatic rings. The number of aromatic nitrogens is 2. The Balaban J connectivity index is 1.66. The number of nitrogens with one attached hydrogen (secondary N) is 1. The molecule has 1 aromatic carbocycles. The molecule has 1 aliphatic heterocycles. The molecule has 0 radical (unpaired) electrons. The van der Waals surface area contributed by atoms with E-state index in [1.54, 1.807) is 0 Å². The summed E-state index contributed by atoms with van der Waals surface area (Å²) in [6, 6.07) is 5.78. The van der Waals surface area contributed by atoms with Crippen molar-refractivity contribution >= 4 is 38.5 Å². The summed E-state index contributed by atoms with van der Waals surface area (Å²) >= 11 is 1.35. The normalized spacial score (nSPS) is 21.1. The maximum Gasteiger partial charge on any atom is 0.245 e. The number of hydrogen-bond acceptors (Lipinski definition) is 4. The van der Waals surface area contributed by atoms with E-state index in [4.69, 9.17) is 4.98 Å². The first-order chi connectivity index (χ1) is 13.7. The van der Waals surface area contributed by atoms with Gasteiger partial charge >= 0.3 is 0 Å². The predicted molar refractivity (Wildman–Crippen MR) is 123 cm³/mol. The summed E-state index contributed by atoms with van der Waals surface area (Å²) in [7, 11) is -3.42. The molecular weight excluding hydrogens is 402 g/mol. The van der Waals surface area contributed by atoms with Crippen molar-refractivity contribution in [1.82, 2.24) is 9.55 Å². The average molecular weight is 434 g/mol. The van der Waals surface area contributed by atoms with Crippen LogP contribution in [0.25, 0.3) is 11.0 Å². The number of fused-ring (bicyclic) bond motifs is 1. The molecule has 2 heterocycles. The monoisotopic (exact) mass is 433 g/mol. The van der Waals surface area contributed by atoms with Crippen molar-refractivity contribution < 1.29 is 8.42 Å². The minimum absolute atomic E-state index is 0.0699. The molecule has 29 heavy (non-hydrogen) atoms. The van der Waals surface area contributed by atoms with Gasteiger partial charge in [0.1, 0.15) is 10.4 Å². The number of hydrogen-bond donors (Lipinski definition) is 1. The van der Waals surface area contributed by atoms with Crippen molar-refractivity contribution in [2.75, 3.05) is 4.72 Å². The Bertz CT molecular complexity index is 1000. The van der Waals surface area contributed by atoms with Crippen LogP contribution in [0.2, 0.25) is 0 Å². The van der Waals surface area contributed by atoms with Crippen LogP contribution < -0.4 is 4.72 Å². The molecule has 1 fully saturated rings. The lowest BCUT2D eigenvalue weighted by Crippen LogP contribution is -2.23. The summed E-state index contributed by atoms with van der Waals surface area (Å²) in [5.74, 6) is 1.78. The van der Waals surface area contributed by atoms with Crippen molar-refractivity contribution in [3.05, 3.63) is 35.5 Å². The molecule has 1 atom stereocenters. The smallest absolute Gasteiger partial charge is 0.245 e. The molecule has 0 amide bonds. The minimum Gasteiger partial charge on any atom is -0.327 e. The van der Waals surface area contributed by atoms with Crippen molar-refractivity contribution in [3.8, 4) is 0 Å². The molecule has 1 unspecified atom stereocenters. The van der Waals surface area contributed by atoms with Crippen LogP contribution in [0.1, 0.15) is 65.1 Å². The lowest BCUT2D eigenvalue weighted by Gasteiger charge is -2.26. The van der Waals surface area contributed by atoms with Crippen LogP contribution in [-0.2, 0) is 22.0 Å². The second-order valence-corrected chi connectivity index (χ2v) is 12.6. The largest absolute Gasteiger partial charge is 0.327 e. The highest BCUT2D eigenvalue weighted by Gasteiger charge is 2.28. The molecule has 5 nitrogen and oxygen atoms in total. The summed E-state index contributed by atoms with van der Waals surface area (Å²) in [5, 5.41) is 1.86. The van der Waals surface area contributed by atoms with Crippen LogP contribution in [-0.4, -0.2) is 22.6 Å². The third-order valence-electron chi connectivity index (χ3n) is 5.85. The van der Waals surface area contributed by atoms with Crippen molar-refractivity contribution in [3.63, 3.8) is 0 Å². The molecule has 158 valence electrons. The molecule has 0 bridgehead atoms. The molecule has 0 spiro atoms. The fourth-order valence-corrected chi connectivity index (χ4v) is 6.87. The Hall–Kier alpha value is -1.47. The Labute approximate surface area is 178 Å². The summed E-state index contributed by atoms with van der Waals surface area (Å²) in [6.07, 6.45) is 9.02. The zero-order valence-electron chi connectivity index (χ0n) is 17.5. The number of allylic oxidation sites excluding steroid dienone is 1. The molecule has 4 rings (SSSR count). The van der Waals surface area contributed by atoms with E-state index < -0.39 is 14.6 Å².